The molecule has 0 bridgehead atoms. The second-order valence-corrected chi connectivity index (χ2v) is 9.65. The first-order valence-corrected chi connectivity index (χ1v) is 12.0. The molecule has 2 aliphatic heterocycles. The molecule has 3 aromatic rings. The van der Waals surface area contributed by atoms with E-state index in [0.717, 1.165) is 28.2 Å². The van der Waals surface area contributed by atoms with E-state index >= 15 is 0 Å². The van der Waals surface area contributed by atoms with Crippen molar-refractivity contribution >= 4 is 51.4 Å². The summed E-state index contributed by atoms with van der Waals surface area (Å²) in [7, 11) is 0. The minimum absolute atomic E-state index is 0.00101. The van der Waals surface area contributed by atoms with Gasteiger partial charge in [-0.05, 0) is 80.4 Å². The molecule has 8 heteroatoms. The number of fused-ring (bicyclic) bond motifs is 1. The zero-order valence-electron chi connectivity index (χ0n) is 19.2. The van der Waals surface area contributed by atoms with E-state index in [1.165, 1.54) is 27.9 Å². The van der Waals surface area contributed by atoms with Crippen LogP contribution in [0.15, 0.2) is 64.2 Å². The summed E-state index contributed by atoms with van der Waals surface area (Å²) in [5.41, 5.74) is 7.38. The fourth-order valence-electron chi connectivity index (χ4n) is 4.17. The first kappa shape index (κ1) is 22.4. The Hall–Kier alpha value is -3.42. The fourth-order valence-corrected chi connectivity index (χ4v) is 5.39. The van der Waals surface area contributed by atoms with Gasteiger partial charge < -0.3 is 4.57 Å². The molecule has 0 aliphatic carbocycles. The first-order chi connectivity index (χ1) is 16.3. The van der Waals surface area contributed by atoms with Crippen molar-refractivity contribution in [3.8, 4) is 5.69 Å². The van der Waals surface area contributed by atoms with E-state index in [2.05, 4.69) is 40.6 Å². The fraction of sp³-hybridized carbons (Fsp3) is 0.154. The second kappa shape index (κ2) is 8.42. The molecule has 5 rings (SSSR count). The average Bonchev–Trinajstić information content (AvgIpc) is 3.34. The minimum atomic E-state index is -0.448. The van der Waals surface area contributed by atoms with Gasteiger partial charge in [-0.3, -0.25) is 10.2 Å². The Bertz CT molecular complexity index is 1480. The lowest BCUT2D eigenvalue weighted by atomic mass is 10.1. The molecule has 0 atom stereocenters. The number of halogens is 1. The number of hydrazone groups is 1. The maximum atomic E-state index is 12.9. The molecule has 0 spiro atoms. The van der Waals surface area contributed by atoms with Crippen LogP contribution in [0, 0.1) is 33.1 Å². The number of nitrogens with zero attached hydrogens (tertiary/aromatic N) is 4. The Morgan fingerprint density at radius 2 is 1.82 bits per heavy atom. The molecule has 0 saturated carbocycles. The number of aryl methyl sites for hydroxylation is 2. The number of aromatic nitrogens is 1. The van der Waals surface area contributed by atoms with E-state index in [-0.39, 0.29) is 11.4 Å². The van der Waals surface area contributed by atoms with Gasteiger partial charge in [-0.2, -0.15) is 15.1 Å². The number of amides is 1. The van der Waals surface area contributed by atoms with Crippen LogP contribution in [0.25, 0.3) is 11.8 Å². The van der Waals surface area contributed by atoms with Gasteiger partial charge in [0, 0.05) is 22.6 Å². The van der Waals surface area contributed by atoms with Gasteiger partial charge in [-0.15, -0.1) is 0 Å². The Kier molecular flexibility index (Phi) is 5.54. The van der Waals surface area contributed by atoms with Crippen molar-refractivity contribution in [2.75, 3.05) is 0 Å². The van der Waals surface area contributed by atoms with Crippen molar-refractivity contribution in [3.63, 3.8) is 0 Å². The van der Waals surface area contributed by atoms with Crippen LogP contribution in [0.3, 0.4) is 0 Å². The van der Waals surface area contributed by atoms with Crippen LogP contribution in [0.2, 0.25) is 5.02 Å². The van der Waals surface area contributed by atoms with E-state index in [1.807, 2.05) is 44.2 Å². The lowest BCUT2D eigenvalue weighted by Crippen LogP contribution is -2.35. The Morgan fingerprint density at radius 1 is 1.06 bits per heavy atom. The monoisotopic (exact) mass is 487 g/mol. The number of thioether (sulfide) groups is 1. The number of amidine groups is 2. The number of nitrogens with one attached hydrogen (secondary N) is 1. The van der Waals surface area contributed by atoms with Crippen molar-refractivity contribution < 1.29 is 4.79 Å². The highest BCUT2D eigenvalue weighted by Crippen LogP contribution is 2.34. The summed E-state index contributed by atoms with van der Waals surface area (Å²) in [5.74, 6) is -0.447. The molecular formula is C26H22ClN5OS. The number of aliphatic imine (C=N–C) groups is 1. The molecule has 6 nitrogen and oxygen atoms in total. The number of carbonyl (C=O) groups is 1. The molecular weight excluding hydrogens is 466 g/mol. The third-order valence-corrected chi connectivity index (χ3v) is 7.42. The van der Waals surface area contributed by atoms with Crippen molar-refractivity contribution in [1.29, 1.82) is 5.41 Å². The van der Waals surface area contributed by atoms with Gasteiger partial charge in [0.15, 0.2) is 5.84 Å². The van der Waals surface area contributed by atoms with Crippen molar-refractivity contribution in [2.45, 2.75) is 27.7 Å². The van der Waals surface area contributed by atoms with Gasteiger partial charge >= 0.3 is 0 Å². The van der Waals surface area contributed by atoms with E-state index in [9.17, 15) is 4.79 Å². The van der Waals surface area contributed by atoms with Crippen LogP contribution in [-0.2, 0) is 4.79 Å². The quantitative estimate of drug-likeness (QED) is 0.458. The smallest absolute Gasteiger partial charge is 0.283 e. The molecule has 34 heavy (non-hydrogen) atoms. The highest BCUT2D eigenvalue weighted by Gasteiger charge is 2.36. The zero-order valence-corrected chi connectivity index (χ0v) is 20.8. The lowest BCUT2D eigenvalue weighted by molar-refractivity contribution is -0.114. The van der Waals surface area contributed by atoms with Crippen LogP contribution < -0.4 is 0 Å². The third-order valence-electron chi connectivity index (χ3n) is 6.15. The number of carbonyl (C=O) groups excluding carboxylic acids is 1. The summed E-state index contributed by atoms with van der Waals surface area (Å²) in [5, 5.41) is 16.2. The third kappa shape index (κ3) is 3.61. The summed E-state index contributed by atoms with van der Waals surface area (Å²) in [4.78, 5) is 17.1. The van der Waals surface area contributed by atoms with Gasteiger partial charge in [0.1, 0.15) is 5.04 Å². The zero-order chi connectivity index (χ0) is 24.1. The summed E-state index contributed by atoms with van der Waals surface area (Å²) in [6, 6.07) is 15.6. The standard InChI is InChI=1S/C26H22ClN5OS/c1-14-8-7-11-22(16(14)3)31-15(2)12-18(17(31)4)13-20-23(28)32-26(29-24(20)33)34-25(30-32)19-9-5-6-10-21(19)27/h5-13,28H,1-4H3. The van der Waals surface area contributed by atoms with Crippen molar-refractivity contribution in [3.05, 3.63) is 92.8 Å². The highest BCUT2D eigenvalue weighted by molar-refractivity contribution is 8.27. The topological polar surface area (TPSA) is 73.8 Å². The molecule has 170 valence electrons. The minimum Gasteiger partial charge on any atom is -0.318 e. The predicted molar refractivity (Wildman–Crippen MR) is 140 cm³/mol. The number of hydrogen-bond acceptors (Lipinski definition) is 4. The second-order valence-electron chi connectivity index (χ2n) is 8.29. The molecule has 0 saturated heterocycles. The number of rotatable bonds is 3. The summed E-state index contributed by atoms with van der Waals surface area (Å²) in [6.07, 6.45) is 1.74. The van der Waals surface area contributed by atoms with Gasteiger partial charge in [0.05, 0.1) is 10.6 Å². The Labute approximate surface area is 207 Å². The van der Waals surface area contributed by atoms with Gasteiger partial charge in [-0.1, -0.05) is 41.9 Å². The van der Waals surface area contributed by atoms with E-state index in [1.54, 1.807) is 12.1 Å². The molecule has 2 aromatic carbocycles. The summed E-state index contributed by atoms with van der Waals surface area (Å²) < 4.78 is 2.18. The number of hydrogen-bond donors (Lipinski definition) is 1. The Morgan fingerprint density at radius 3 is 2.59 bits per heavy atom. The van der Waals surface area contributed by atoms with Crippen LogP contribution in [-0.4, -0.2) is 31.5 Å². The maximum Gasteiger partial charge on any atom is 0.283 e. The molecule has 3 heterocycles. The van der Waals surface area contributed by atoms with E-state index in [0.29, 0.717) is 15.2 Å². The SMILES string of the molecule is Cc1cccc(-n2c(C)cc(C=C3C(=N)N4N=C(c5ccccc5Cl)SC4=NC3=O)c2C)c1C. The van der Waals surface area contributed by atoms with E-state index in [4.69, 9.17) is 17.0 Å². The van der Waals surface area contributed by atoms with Crippen LogP contribution >= 0.6 is 23.4 Å². The molecule has 0 radical (unpaired) electrons. The highest BCUT2D eigenvalue weighted by atomic mass is 35.5. The van der Waals surface area contributed by atoms with E-state index < -0.39 is 5.91 Å². The normalized spacial score (nSPS) is 16.7. The Balaban J connectivity index is 1.54. The maximum absolute atomic E-state index is 12.9. The van der Waals surface area contributed by atoms with Crippen LogP contribution in [0.5, 0.6) is 0 Å². The van der Waals surface area contributed by atoms with Gasteiger partial charge in [-0.25, -0.2) is 0 Å². The van der Waals surface area contributed by atoms with Gasteiger partial charge in [0.2, 0.25) is 5.17 Å². The van der Waals surface area contributed by atoms with Crippen molar-refractivity contribution in [1.82, 2.24) is 9.58 Å². The van der Waals surface area contributed by atoms with Crippen molar-refractivity contribution in [2.24, 2.45) is 10.1 Å². The van der Waals surface area contributed by atoms with Crippen LogP contribution in [0.4, 0.5) is 0 Å². The largest absolute Gasteiger partial charge is 0.318 e. The number of benzene rings is 2. The predicted octanol–water partition coefficient (Wildman–Crippen LogP) is 6.03. The molecule has 0 unspecified atom stereocenters. The molecule has 2 aliphatic rings. The summed E-state index contributed by atoms with van der Waals surface area (Å²) in [6.45, 7) is 8.27. The average molecular weight is 488 g/mol. The molecule has 1 amide bonds. The van der Waals surface area contributed by atoms with Gasteiger partial charge in [0.25, 0.3) is 5.91 Å². The molecule has 1 aromatic heterocycles. The molecule has 0 fully saturated rings. The lowest BCUT2D eigenvalue weighted by Gasteiger charge is -2.20. The first-order valence-electron chi connectivity index (χ1n) is 10.8. The molecule has 1 N–H and O–H groups in total. The summed E-state index contributed by atoms with van der Waals surface area (Å²) >= 11 is 7.56. The van der Waals surface area contributed by atoms with Crippen LogP contribution in [0.1, 0.15) is 33.6 Å².